The Morgan fingerprint density at radius 3 is 2.62 bits per heavy atom. The summed E-state index contributed by atoms with van der Waals surface area (Å²) >= 11 is 19.0. The van der Waals surface area contributed by atoms with Crippen molar-refractivity contribution >= 4 is 68.5 Å². The molecule has 1 aliphatic carbocycles. The lowest BCUT2D eigenvalue weighted by molar-refractivity contribution is 0.0601. The van der Waals surface area contributed by atoms with Gasteiger partial charge in [0.15, 0.2) is 5.11 Å². The fourth-order valence-corrected chi connectivity index (χ4v) is 5.26. The van der Waals surface area contributed by atoms with E-state index in [0.717, 1.165) is 24.8 Å². The van der Waals surface area contributed by atoms with E-state index in [0.29, 0.717) is 37.3 Å². The maximum atomic E-state index is 12.3. The zero-order valence-corrected chi connectivity index (χ0v) is 17.5. The fourth-order valence-electron chi connectivity index (χ4n) is 3.05. The molecule has 0 saturated carbocycles. The Morgan fingerprint density at radius 1 is 1.27 bits per heavy atom. The molecular weight excluding hydrogens is 411 g/mol. The van der Waals surface area contributed by atoms with Crippen LogP contribution in [-0.4, -0.2) is 18.2 Å². The second-order valence-electron chi connectivity index (χ2n) is 6.28. The molecule has 0 fully saturated rings. The number of hydrogen-bond donors (Lipinski definition) is 2. The van der Waals surface area contributed by atoms with Gasteiger partial charge in [0.1, 0.15) is 5.00 Å². The molecule has 1 atom stereocenters. The molecule has 3 rings (SSSR count). The minimum atomic E-state index is -0.340. The van der Waals surface area contributed by atoms with Crippen molar-refractivity contribution in [2.45, 2.75) is 26.2 Å². The van der Waals surface area contributed by atoms with E-state index in [9.17, 15) is 4.79 Å². The summed E-state index contributed by atoms with van der Waals surface area (Å²) in [5.41, 5.74) is 2.35. The average Bonchev–Trinajstić information content (AvgIpc) is 2.89. The lowest BCUT2D eigenvalue weighted by atomic mass is 9.88. The standard InChI is InChI=1S/C18H18Cl2N2O2S2/c1-9-3-4-13-14(5-9)26-16(15(13)17(23)24-2)22-18(25)21-12-7-10(19)6-11(20)8-12/h6-9H,3-5H2,1-2H3,(H2,21,22,25). The molecule has 1 aromatic heterocycles. The van der Waals surface area contributed by atoms with Crippen LogP contribution in [0.2, 0.25) is 10.0 Å². The van der Waals surface area contributed by atoms with Crippen molar-refractivity contribution in [1.29, 1.82) is 0 Å². The predicted molar refractivity (Wildman–Crippen MR) is 113 cm³/mol. The van der Waals surface area contributed by atoms with Crippen molar-refractivity contribution in [1.82, 2.24) is 0 Å². The summed E-state index contributed by atoms with van der Waals surface area (Å²) in [5, 5.41) is 8.28. The Hall–Kier alpha value is -1.34. The normalized spacial score (nSPS) is 15.9. The molecule has 0 spiro atoms. The van der Waals surface area contributed by atoms with Crippen molar-refractivity contribution < 1.29 is 9.53 Å². The van der Waals surface area contributed by atoms with Gasteiger partial charge in [0.05, 0.1) is 12.7 Å². The van der Waals surface area contributed by atoms with Crippen LogP contribution in [0.4, 0.5) is 10.7 Å². The summed E-state index contributed by atoms with van der Waals surface area (Å²) < 4.78 is 4.99. The first-order valence-corrected chi connectivity index (χ1v) is 10.1. The van der Waals surface area contributed by atoms with E-state index in [1.54, 1.807) is 29.5 Å². The topological polar surface area (TPSA) is 50.4 Å². The third-order valence-corrected chi connectivity index (χ3v) is 6.06. The highest BCUT2D eigenvalue weighted by Gasteiger charge is 2.28. The van der Waals surface area contributed by atoms with Crippen LogP contribution in [0.25, 0.3) is 0 Å². The van der Waals surface area contributed by atoms with Crippen molar-refractivity contribution in [2.24, 2.45) is 5.92 Å². The number of thiophene rings is 1. The first kappa shape index (κ1) is 19.4. The van der Waals surface area contributed by atoms with Crippen LogP contribution in [0.1, 0.15) is 34.1 Å². The number of carbonyl (C=O) groups excluding carboxylic acids is 1. The molecule has 0 amide bonds. The Balaban J connectivity index is 1.84. The highest BCUT2D eigenvalue weighted by Crippen LogP contribution is 2.40. The molecule has 4 nitrogen and oxygen atoms in total. The Kier molecular flexibility index (Phi) is 6.07. The highest BCUT2D eigenvalue weighted by molar-refractivity contribution is 7.80. The minimum absolute atomic E-state index is 0.340. The third-order valence-electron chi connectivity index (χ3n) is 4.25. The van der Waals surface area contributed by atoms with Gasteiger partial charge in [0.2, 0.25) is 0 Å². The lowest BCUT2D eigenvalue weighted by Gasteiger charge is -2.18. The molecule has 0 saturated heterocycles. The van der Waals surface area contributed by atoms with Crippen LogP contribution in [0.3, 0.4) is 0 Å². The van der Waals surface area contributed by atoms with Crippen LogP contribution in [0, 0.1) is 5.92 Å². The van der Waals surface area contributed by atoms with Gasteiger partial charge >= 0.3 is 5.97 Å². The number of benzene rings is 1. The van der Waals surface area contributed by atoms with Crippen molar-refractivity contribution in [3.63, 3.8) is 0 Å². The van der Waals surface area contributed by atoms with E-state index in [1.165, 1.54) is 12.0 Å². The van der Waals surface area contributed by atoms with E-state index in [-0.39, 0.29) is 5.97 Å². The largest absolute Gasteiger partial charge is 0.465 e. The number of thiocarbonyl (C=S) groups is 1. The molecule has 0 aliphatic heterocycles. The summed E-state index contributed by atoms with van der Waals surface area (Å²) in [4.78, 5) is 13.5. The molecule has 1 unspecified atom stereocenters. The number of carbonyl (C=O) groups is 1. The van der Waals surface area contributed by atoms with Gasteiger partial charge in [-0.15, -0.1) is 11.3 Å². The number of ether oxygens (including phenoxy) is 1. The van der Waals surface area contributed by atoms with Crippen LogP contribution in [0.5, 0.6) is 0 Å². The maximum Gasteiger partial charge on any atom is 0.341 e. The summed E-state index contributed by atoms with van der Waals surface area (Å²) in [5.74, 6) is 0.270. The zero-order valence-electron chi connectivity index (χ0n) is 14.3. The first-order chi connectivity index (χ1) is 12.4. The number of rotatable bonds is 3. The summed E-state index contributed by atoms with van der Waals surface area (Å²) in [7, 11) is 1.40. The SMILES string of the molecule is COC(=O)c1c(NC(=S)Nc2cc(Cl)cc(Cl)c2)sc2c1CCC(C)C2. The second kappa shape index (κ2) is 8.13. The molecule has 1 aromatic carbocycles. The Labute approximate surface area is 171 Å². The van der Waals surface area contributed by atoms with Crippen molar-refractivity contribution in [3.05, 3.63) is 44.2 Å². The molecule has 1 aliphatic rings. The van der Waals surface area contributed by atoms with Crippen LogP contribution >= 0.6 is 46.8 Å². The second-order valence-corrected chi connectivity index (χ2v) is 8.67. The van der Waals surface area contributed by atoms with Gasteiger partial charge in [-0.1, -0.05) is 30.1 Å². The molecule has 2 N–H and O–H groups in total. The lowest BCUT2D eigenvalue weighted by Crippen LogP contribution is -2.20. The van der Waals surface area contributed by atoms with Crippen LogP contribution < -0.4 is 10.6 Å². The minimum Gasteiger partial charge on any atom is -0.465 e. The first-order valence-electron chi connectivity index (χ1n) is 8.14. The van der Waals surface area contributed by atoms with Gasteiger partial charge in [-0.2, -0.15) is 0 Å². The molecule has 2 aromatic rings. The van der Waals surface area contributed by atoms with E-state index >= 15 is 0 Å². The number of hydrogen-bond acceptors (Lipinski definition) is 4. The number of fused-ring (bicyclic) bond motifs is 1. The number of nitrogens with one attached hydrogen (secondary N) is 2. The Bertz CT molecular complexity index is 847. The fraction of sp³-hybridized carbons (Fsp3) is 0.333. The van der Waals surface area contributed by atoms with E-state index in [2.05, 4.69) is 17.6 Å². The van der Waals surface area contributed by atoms with Gasteiger partial charge in [-0.25, -0.2) is 4.79 Å². The molecule has 138 valence electrons. The molecule has 26 heavy (non-hydrogen) atoms. The zero-order chi connectivity index (χ0) is 18.8. The highest BCUT2D eigenvalue weighted by atomic mass is 35.5. The third kappa shape index (κ3) is 4.31. The summed E-state index contributed by atoms with van der Waals surface area (Å²) in [6, 6.07) is 5.10. The van der Waals surface area contributed by atoms with E-state index in [4.69, 9.17) is 40.2 Å². The number of anilines is 2. The van der Waals surface area contributed by atoms with Gasteiger partial charge in [0, 0.05) is 20.6 Å². The predicted octanol–water partition coefficient (Wildman–Crippen LogP) is 5.78. The van der Waals surface area contributed by atoms with Crippen molar-refractivity contribution in [2.75, 3.05) is 17.7 Å². The number of esters is 1. The quantitative estimate of drug-likeness (QED) is 0.479. The van der Waals surface area contributed by atoms with Gasteiger partial charge in [-0.3, -0.25) is 0 Å². The molecule has 0 bridgehead atoms. The number of halogens is 2. The molecular formula is C18H18Cl2N2O2S2. The monoisotopic (exact) mass is 428 g/mol. The van der Waals surface area contributed by atoms with Crippen LogP contribution in [-0.2, 0) is 17.6 Å². The smallest absolute Gasteiger partial charge is 0.341 e. The maximum absolute atomic E-state index is 12.3. The van der Waals surface area contributed by atoms with Gasteiger partial charge in [-0.05, 0) is 61.2 Å². The van der Waals surface area contributed by atoms with E-state index in [1.807, 2.05) is 0 Å². The summed E-state index contributed by atoms with van der Waals surface area (Å²) in [6.07, 6.45) is 2.91. The van der Waals surface area contributed by atoms with Crippen LogP contribution in [0.15, 0.2) is 18.2 Å². The van der Waals surface area contributed by atoms with Gasteiger partial charge < -0.3 is 15.4 Å². The van der Waals surface area contributed by atoms with Crippen molar-refractivity contribution in [3.8, 4) is 0 Å². The van der Waals surface area contributed by atoms with Gasteiger partial charge in [0.25, 0.3) is 0 Å². The Morgan fingerprint density at radius 2 is 1.96 bits per heavy atom. The molecule has 8 heteroatoms. The molecule has 0 radical (unpaired) electrons. The molecule has 1 heterocycles. The van der Waals surface area contributed by atoms with E-state index < -0.39 is 0 Å². The summed E-state index contributed by atoms with van der Waals surface area (Å²) in [6.45, 7) is 2.22. The average molecular weight is 429 g/mol. The number of methoxy groups -OCH3 is 1.